The number of esters is 1. The van der Waals surface area contributed by atoms with Gasteiger partial charge in [0.2, 0.25) is 0 Å². The summed E-state index contributed by atoms with van der Waals surface area (Å²) in [6, 6.07) is 5.37. The molecule has 0 aliphatic heterocycles. The molecule has 2 heterocycles. The number of hydrogen-bond donors (Lipinski definition) is 2. The predicted octanol–water partition coefficient (Wildman–Crippen LogP) is 2.21. The van der Waals surface area contributed by atoms with Crippen molar-refractivity contribution in [1.29, 1.82) is 0 Å². The molecule has 0 bridgehead atoms. The van der Waals surface area contributed by atoms with E-state index in [0.717, 1.165) is 12.3 Å². The predicted molar refractivity (Wildman–Crippen MR) is 77.1 cm³/mol. The Morgan fingerprint density at radius 1 is 1.16 bits per heavy atom. The van der Waals surface area contributed by atoms with Crippen molar-refractivity contribution in [2.24, 2.45) is 0 Å². The Bertz CT molecular complexity index is 697. The molecule has 0 radical (unpaired) electrons. The van der Waals surface area contributed by atoms with Crippen LogP contribution in [0.25, 0.3) is 0 Å². The average Bonchev–Trinajstić information content (AvgIpc) is 3.23. The zero-order valence-electron chi connectivity index (χ0n) is 13.1. The number of nitrogens with one attached hydrogen (secondary N) is 2. The van der Waals surface area contributed by atoms with Crippen molar-refractivity contribution in [3.8, 4) is 0 Å². The van der Waals surface area contributed by atoms with Crippen LogP contribution >= 0.6 is 0 Å². The molecule has 0 saturated heterocycles. The zero-order chi connectivity index (χ0) is 18.5. The molecule has 25 heavy (non-hydrogen) atoms. The molecule has 7 nitrogen and oxygen atoms in total. The van der Waals surface area contributed by atoms with Gasteiger partial charge in [0.15, 0.2) is 5.76 Å². The summed E-state index contributed by atoms with van der Waals surface area (Å²) in [5.74, 6) is -3.20. The van der Waals surface area contributed by atoms with Gasteiger partial charge in [0.25, 0.3) is 11.6 Å². The summed E-state index contributed by atoms with van der Waals surface area (Å²) in [6.07, 6.45) is -2.82. The lowest BCUT2D eigenvalue weighted by molar-refractivity contribution is -0.219. The standard InChI is InChI=1S/C15H15F3N2O5/c1-2-23-13(22)14(15(16,17)18,19-9-10-5-3-7-24-10)20-12(21)11-6-4-8-25-11/h3-8,19H,2,9H2,1H3,(H,20,21). The second kappa shape index (κ2) is 7.43. The van der Waals surface area contributed by atoms with Crippen LogP contribution in [0.15, 0.2) is 45.6 Å². The van der Waals surface area contributed by atoms with Gasteiger partial charge in [-0.3, -0.25) is 10.1 Å². The maximum absolute atomic E-state index is 13.7. The summed E-state index contributed by atoms with van der Waals surface area (Å²) >= 11 is 0. The van der Waals surface area contributed by atoms with Crippen molar-refractivity contribution in [2.45, 2.75) is 25.3 Å². The average molecular weight is 360 g/mol. The number of alkyl halides is 3. The highest BCUT2D eigenvalue weighted by Crippen LogP contribution is 2.30. The van der Waals surface area contributed by atoms with Crippen molar-refractivity contribution in [3.63, 3.8) is 0 Å². The molecule has 0 aromatic carbocycles. The fourth-order valence-corrected chi connectivity index (χ4v) is 1.97. The highest BCUT2D eigenvalue weighted by Gasteiger charge is 2.63. The third kappa shape index (κ3) is 4.02. The first-order chi connectivity index (χ1) is 11.8. The number of carbonyl (C=O) groups excluding carboxylic acids is 2. The molecule has 2 aromatic heterocycles. The Hall–Kier alpha value is -2.75. The molecule has 0 aliphatic rings. The summed E-state index contributed by atoms with van der Waals surface area (Å²) in [6.45, 7) is 0.555. The van der Waals surface area contributed by atoms with E-state index < -0.39 is 36.0 Å². The number of halogens is 3. The van der Waals surface area contributed by atoms with Gasteiger partial charge in [-0.1, -0.05) is 0 Å². The molecule has 1 unspecified atom stereocenters. The lowest BCUT2D eigenvalue weighted by atomic mass is 10.1. The first-order valence-electron chi connectivity index (χ1n) is 7.17. The number of carbonyl (C=O) groups is 2. The van der Waals surface area contributed by atoms with Gasteiger partial charge >= 0.3 is 12.1 Å². The highest BCUT2D eigenvalue weighted by molar-refractivity contribution is 5.96. The first-order valence-corrected chi connectivity index (χ1v) is 7.17. The van der Waals surface area contributed by atoms with Crippen molar-refractivity contribution >= 4 is 11.9 Å². The molecular weight excluding hydrogens is 345 g/mol. The molecule has 2 aromatic rings. The molecule has 2 N–H and O–H groups in total. The SMILES string of the molecule is CCOC(=O)C(NCc1ccco1)(NC(=O)c1ccco1)C(F)(F)F. The van der Waals surface area contributed by atoms with E-state index in [2.05, 4.69) is 4.74 Å². The van der Waals surface area contributed by atoms with E-state index in [-0.39, 0.29) is 12.4 Å². The Balaban J connectivity index is 2.35. The van der Waals surface area contributed by atoms with Crippen LogP contribution < -0.4 is 10.6 Å². The minimum atomic E-state index is -5.20. The van der Waals surface area contributed by atoms with Crippen molar-refractivity contribution in [2.75, 3.05) is 6.61 Å². The van der Waals surface area contributed by atoms with E-state index in [1.165, 1.54) is 31.4 Å². The third-order valence-corrected chi connectivity index (χ3v) is 3.16. The van der Waals surface area contributed by atoms with Crippen molar-refractivity contribution in [3.05, 3.63) is 48.3 Å². The van der Waals surface area contributed by atoms with E-state index in [1.807, 2.05) is 5.32 Å². The molecule has 0 fully saturated rings. The Morgan fingerprint density at radius 3 is 2.36 bits per heavy atom. The summed E-state index contributed by atoms with van der Waals surface area (Å²) in [5.41, 5.74) is -3.47. The molecule has 136 valence electrons. The monoisotopic (exact) mass is 360 g/mol. The van der Waals surface area contributed by atoms with Crippen LogP contribution in [0.3, 0.4) is 0 Å². The second-order valence-corrected chi connectivity index (χ2v) is 4.83. The molecule has 0 saturated carbocycles. The van der Waals surface area contributed by atoms with E-state index >= 15 is 0 Å². The Kier molecular flexibility index (Phi) is 5.52. The third-order valence-electron chi connectivity index (χ3n) is 3.16. The van der Waals surface area contributed by atoms with Crippen molar-refractivity contribution < 1.29 is 36.3 Å². The normalized spacial score (nSPS) is 13.9. The van der Waals surface area contributed by atoms with Gasteiger partial charge in [-0.25, -0.2) is 4.79 Å². The van der Waals surface area contributed by atoms with Gasteiger partial charge in [0, 0.05) is 0 Å². The van der Waals surface area contributed by atoms with Crippen LogP contribution in [0.4, 0.5) is 13.2 Å². The van der Waals surface area contributed by atoms with Crippen LogP contribution in [-0.2, 0) is 16.1 Å². The summed E-state index contributed by atoms with van der Waals surface area (Å²) in [4.78, 5) is 24.2. The van der Waals surface area contributed by atoms with E-state index in [0.29, 0.717) is 0 Å². The quantitative estimate of drug-likeness (QED) is 0.581. The van der Waals surface area contributed by atoms with Crippen molar-refractivity contribution in [1.82, 2.24) is 10.6 Å². The first kappa shape index (κ1) is 18.6. The van der Waals surface area contributed by atoms with Gasteiger partial charge in [-0.2, -0.15) is 13.2 Å². The van der Waals surface area contributed by atoms with Gasteiger partial charge < -0.3 is 18.9 Å². The highest BCUT2D eigenvalue weighted by atomic mass is 19.4. The number of hydrogen-bond acceptors (Lipinski definition) is 6. The fraction of sp³-hybridized carbons (Fsp3) is 0.333. The maximum Gasteiger partial charge on any atom is 0.436 e. The molecule has 0 aliphatic carbocycles. The lowest BCUT2D eigenvalue weighted by Gasteiger charge is -2.34. The molecule has 0 spiro atoms. The summed E-state index contributed by atoms with van der Waals surface area (Å²) in [5, 5.41) is 3.62. The van der Waals surface area contributed by atoms with Gasteiger partial charge in [-0.15, -0.1) is 0 Å². The number of rotatable bonds is 7. The number of amides is 1. The van der Waals surface area contributed by atoms with E-state index in [4.69, 9.17) is 8.83 Å². The summed E-state index contributed by atoms with van der Waals surface area (Å²) < 4.78 is 55.5. The Labute approximate surface area is 140 Å². The van der Waals surface area contributed by atoms with Gasteiger partial charge in [-0.05, 0) is 31.2 Å². The minimum absolute atomic E-state index is 0.130. The largest absolute Gasteiger partial charge is 0.468 e. The second-order valence-electron chi connectivity index (χ2n) is 4.83. The van der Waals surface area contributed by atoms with E-state index in [1.54, 1.807) is 5.32 Å². The topological polar surface area (TPSA) is 93.7 Å². The minimum Gasteiger partial charge on any atom is -0.468 e. The maximum atomic E-state index is 13.7. The number of furan rings is 2. The number of ether oxygens (including phenoxy) is 1. The molecule has 1 amide bonds. The molecule has 10 heteroatoms. The van der Waals surface area contributed by atoms with Crippen LogP contribution in [0.2, 0.25) is 0 Å². The molecule has 2 rings (SSSR count). The lowest BCUT2D eigenvalue weighted by Crippen LogP contribution is -2.72. The van der Waals surface area contributed by atoms with E-state index in [9.17, 15) is 22.8 Å². The molecular formula is C15H15F3N2O5. The Morgan fingerprint density at radius 2 is 1.84 bits per heavy atom. The van der Waals surface area contributed by atoms with Crippen LogP contribution in [0, 0.1) is 0 Å². The summed E-state index contributed by atoms with van der Waals surface area (Å²) in [7, 11) is 0. The van der Waals surface area contributed by atoms with Gasteiger partial charge in [0.1, 0.15) is 5.76 Å². The molecule has 1 atom stereocenters. The smallest absolute Gasteiger partial charge is 0.436 e. The van der Waals surface area contributed by atoms with Crippen LogP contribution in [0.1, 0.15) is 23.2 Å². The van der Waals surface area contributed by atoms with Gasteiger partial charge in [0.05, 0.1) is 25.7 Å². The van der Waals surface area contributed by atoms with Crippen LogP contribution in [-0.4, -0.2) is 30.3 Å². The van der Waals surface area contributed by atoms with Crippen LogP contribution in [0.5, 0.6) is 0 Å². The zero-order valence-corrected chi connectivity index (χ0v) is 13.1. The fourth-order valence-electron chi connectivity index (χ4n) is 1.97.